The highest BCUT2D eigenvalue weighted by Gasteiger charge is 2.14. The number of carbonyl (C=O) groups excluding carboxylic acids is 2. The first kappa shape index (κ1) is 38.2. The lowest BCUT2D eigenvalue weighted by molar-refractivity contribution is -0.697. The van der Waals surface area contributed by atoms with Crippen LogP contribution in [0.3, 0.4) is 0 Å². The summed E-state index contributed by atoms with van der Waals surface area (Å²) in [6.45, 7) is 7.97. The number of unbranched alkanes of at least 4 members (excludes halogenated alkanes) is 9. The second-order valence-corrected chi connectivity index (χ2v) is 10.6. The van der Waals surface area contributed by atoms with Gasteiger partial charge in [-0.3, -0.25) is 9.59 Å². The highest BCUT2D eigenvalue weighted by atomic mass is 79.9. The third-order valence-electron chi connectivity index (χ3n) is 7.25. The van der Waals surface area contributed by atoms with E-state index in [1.54, 1.807) is 0 Å². The Hall–Kier alpha value is -1.80. The molecule has 2 amide bonds. The van der Waals surface area contributed by atoms with Crippen molar-refractivity contribution in [2.24, 2.45) is 0 Å². The predicted molar refractivity (Wildman–Crippen MR) is 154 cm³/mol. The van der Waals surface area contributed by atoms with Crippen LogP contribution in [0.2, 0.25) is 0 Å². The lowest BCUT2D eigenvalue weighted by Crippen LogP contribution is -3.00. The summed E-state index contributed by atoms with van der Waals surface area (Å²) < 4.78 is 4.33. The van der Waals surface area contributed by atoms with Crippen molar-refractivity contribution in [1.29, 1.82) is 0 Å². The summed E-state index contributed by atoms with van der Waals surface area (Å²) in [7, 11) is 3.77. The topological polar surface area (TPSA) is 48.4 Å². The smallest absolute Gasteiger partial charge is 0.254 e. The Balaban J connectivity index is 0.00000760. The summed E-state index contributed by atoms with van der Waals surface area (Å²) in [6, 6.07) is 7.74. The zero-order chi connectivity index (χ0) is 27.6. The number of amides is 2. The van der Waals surface area contributed by atoms with E-state index in [0.29, 0.717) is 0 Å². The molecule has 2 heterocycles. The first-order valence-corrected chi connectivity index (χ1v) is 14.9. The minimum atomic E-state index is 0. The number of aromatic nitrogens is 2. The van der Waals surface area contributed by atoms with Crippen LogP contribution in [-0.4, -0.2) is 48.8 Å². The normalized spacial score (nSPS) is 10.4. The molecule has 0 aliphatic rings. The zero-order valence-corrected chi connectivity index (χ0v) is 28.5. The number of carbonyl (C=O) groups is 2. The molecule has 0 saturated heterocycles. The van der Waals surface area contributed by atoms with E-state index in [0.717, 1.165) is 63.0 Å². The van der Waals surface area contributed by atoms with Crippen molar-refractivity contribution in [2.75, 3.05) is 27.2 Å². The van der Waals surface area contributed by atoms with Crippen LogP contribution in [0.1, 0.15) is 112 Å². The van der Waals surface area contributed by atoms with Crippen molar-refractivity contribution in [3.05, 3.63) is 60.2 Å². The van der Waals surface area contributed by atoms with Gasteiger partial charge >= 0.3 is 0 Å². The van der Waals surface area contributed by atoms with Gasteiger partial charge in [0.1, 0.15) is 13.1 Å². The molecule has 2 aromatic heterocycles. The molecule has 0 bridgehead atoms. The molecule has 0 radical (unpaired) electrons. The maximum Gasteiger partial charge on any atom is 0.254 e. The Morgan fingerprint density at radius 3 is 1.20 bits per heavy atom. The van der Waals surface area contributed by atoms with Gasteiger partial charge in [0.2, 0.25) is 0 Å². The van der Waals surface area contributed by atoms with Crippen LogP contribution in [0.15, 0.2) is 49.1 Å². The molecule has 2 rings (SSSR count). The van der Waals surface area contributed by atoms with E-state index in [9.17, 15) is 9.59 Å². The SMILES string of the molecule is CCCCCC[n+]1ccc(C(=O)N(C)CCCCCCN(C)C(=O)c2cc[n+](CCCCCC)cc2)cc1.[Br-].[Br-]. The third kappa shape index (κ3) is 14.7. The number of nitrogens with zero attached hydrogens (tertiary/aromatic N) is 4. The van der Waals surface area contributed by atoms with Crippen LogP contribution in [0, 0.1) is 0 Å². The molecule has 2 aromatic rings. The van der Waals surface area contributed by atoms with Gasteiger partial charge in [0, 0.05) is 64.3 Å². The van der Waals surface area contributed by atoms with Gasteiger partial charge in [-0.2, -0.15) is 0 Å². The molecule has 0 aliphatic carbocycles. The zero-order valence-electron chi connectivity index (χ0n) is 25.3. The van der Waals surface area contributed by atoms with Crippen molar-refractivity contribution in [1.82, 2.24) is 9.80 Å². The molecule has 0 fully saturated rings. The van der Waals surface area contributed by atoms with E-state index >= 15 is 0 Å². The molecule has 0 aliphatic heterocycles. The number of hydrogen-bond acceptors (Lipinski definition) is 2. The molecule has 0 atom stereocenters. The minimum absolute atomic E-state index is 0. The van der Waals surface area contributed by atoms with E-state index in [-0.39, 0.29) is 45.8 Å². The Morgan fingerprint density at radius 2 is 0.875 bits per heavy atom. The fourth-order valence-electron chi connectivity index (χ4n) is 4.64. The summed E-state index contributed by atoms with van der Waals surface area (Å²) in [5.41, 5.74) is 1.50. The van der Waals surface area contributed by atoms with E-state index in [1.165, 1.54) is 51.4 Å². The van der Waals surface area contributed by atoms with Gasteiger partial charge in [-0.05, 0) is 25.7 Å². The first-order valence-electron chi connectivity index (χ1n) is 14.9. The highest BCUT2D eigenvalue weighted by molar-refractivity contribution is 5.94. The number of halogens is 2. The summed E-state index contributed by atoms with van der Waals surface area (Å²) >= 11 is 0. The number of rotatable bonds is 19. The van der Waals surface area contributed by atoms with Gasteiger partial charge < -0.3 is 43.8 Å². The largest absolute Gasteiger partial charge is 1.00 e. The monoisotopic (exact) mass is 682 g/mol. The second kappa shape index (κ2) is 22.8. The van der Waals surface area contributed by atoms with Gasteiger partial charge in [0.05, 0.1) is 11.1 Å². The number of hydrogen-bond donors (Lipinski definition) is 0. The first-order chi connectivity index (χ1) is 18.5. The predicted octanol–water partition coefficient (Wildman–Crippen LogP) is -0.165. The van der Waals surface area contributed by atoms with Crippen LogP contribution < -0.4 is 43.1 Å². The molecule has 0 unspecified atom stereocenters. The van der Waals surface area contributed by atoms with Crippen molar-refractivity contribution in [3.8, 4) is 0 Å². The number of aryl methyl sites for hydroxylation is 2. The van der Waals surface area contributed by atoms with Gasteiger partial charge in [-0.15, -0.1) is 0 Å². The summed E-state index contributed by atoms with van der Waals surface area (Å²) in [6.07, 6.45) is 22.1. The molecular weight excluding hydrogens is 632 g/mol. The van der Waals surface area contributed by atoms with E-state index in [2.05, 4.69) is 23.0 Å². The Kier molecular flexibility index (Phi) is 21.8. The maximum atomic E-state index is 12.7. The average Bonchev–Trinajstić information content (AvgIpc) is 2.95. The van der Waals surface area contributed by atoms with Crippen LogP contribution in [0.4, 0.5) is 0 Å². The highest BCUT2D eigenvalue weighted by Crippen LogP contribution is 2.08. The molecule has 0 N–H and O–H groups in total. The number of pyridine rings is 2. The van der Waals surface area contributed by atoms with Crippen LogP contribution in [0.25, 0.3) is 0 Å². The van der Waals surface area contributed by atoms with Crippen LogP contribution in [0.5, 0.6) is 0 Å². The van der Waals surface area contributed by atoms with Gasteiger partial charge in [0.15, 0.2) is 24.8 Å². The van der Waals surface area contributed by atoms with Crippen LogP contribution in [-0.2, 0) is 13.1 Å². The summed E-state index contributed by atoms with van der Waals surface area (Å²) in [5, 5.41) is 0. The van der Waals surface area contributed by atoms with Crippen LogP contribution >= 0.6 is 0 Å². The van der Waals surface area contributed by atoms with E-state index < -0.39 is 0 Å². The van der Waals surface area contributed by atoms with Crippen molar-refractivity contribution in [3.63, 3.8) is 0 Å². The Morgan fingerprint density at radius 1 is 0.550 bits per heavy atom. The second-order valence-electron chi connectivity index (χ2n) is 10.6. The molecule has 0 saturated carbocycles. The summed E-state index contributed by atoms with van der Waals surface area (Å²) in [5.74, 6) is 0.164. The fourth-order valence-corrected chi connectivity index (χ4v) is 4.64. The molecule has 0 spiro atoms. The maximum absolute atomic E-state index is 12.7. The average molecular weight is 685 g/mol. The quantitative estimate of drug-likeness (QED) is 0.153. The fraction of sp³-hybridized carbons (Fsp3) is 0.625. The Labute approximate surface area is 264 Å². The standard InChI is InChI=1S/C32H52N4O2.2BrH/c1-5-7-9-15-23-35-25-17-29(18-26-35)31(37)33(3)21-13-11-12-14-22-34(4)32(38)30-19-27-36(28-20-30)24-16-10-8-6-2;;/h17-20,25-28H,5-16,21-24H2,1-4H3;2*1H/q+2;;/p-2. The molecule has 0 aromatic carbocycles. The molecule has 40 heavy (non-hydrogen) atoms. The third-order valence-corrected chi connectivity index (χ3v) is 7.25. The summed E-state index contributed by atoms with van der Waals surface area (Å²) in [4.78, 5) is 29.1. The molecule has 6 nitrogen and oxygen atoms in total. The van der Waals surface area contributed by atoms with Crippen molar-refractivity contribution in [2.45, 2.75) is 104 Å². The lowest BCUT2D eigenvalue weighted by Gasteiger charge is -2.18. The van der Waals surface area contributed by atoms with Gasteiger partial charge in [-0.25, -0.2) is 9.13 Å². The lowest BCUT2D eigenvalue weighted by atomic mass is 10.1. The van der Waals surface area contributed by atoms with Crippen molar-refractivity contribution >= 4 is 11.8 Å². The van der Waals surface area contributed by atoms with Crippen molar-refractivity contribution < 1.29 is 52.7 Å². The molecule has 226 valence electrons. The minimum Gasteiger partial charge on any atom is -1.00 e. The van der Waals surface area contributed by atoms with Gasteiger partial charge in [-0.1, -0.05) is 52.4 Å². The molecular formula is C32H52Br2N4O2. The van der Waals surface area contributed by atoms with E-state index in [4.69, 9.17) is 0 Å². The molecule has 8 heteroatoms. The van der Waals surface area contributed by atoms with Gasteiger partial charge in [0.25, 0.3) is 11.8 Å². The van der Waals surface area contributed by atoms with E-state index in [1.807, 2.05) is 72.9 Å². The Bertz CT molecular complexity index is 861.